The highest BCUT2D eigenvalue weighted by Gasteiger charge is 2.31. The molecule has 94 valence electrons. The van der Waals surface area contributed by atoms with E-state index in [0.717, 1.165) is 13.2 Å². The number of fused-ring (bicyclic) bond motifs is 1. The maximum absolute atomic E-state index is 13.8. The zero-order chi connectivity index (χ0) is 13.3. The van der Waals surface area contributed by atoms with Crippen LogP contribution in [0.5, 0.6) is 0 Å². The first-order chi connectivity index (χ1) is 8.47. The van der Waals surface area contributed by atoms with Crippen LogP contribution in [-0.2, 0) is 10.8 Å². The molecule has 2 aromatic carbocycles. The maximum atomic E-state index is 13.8. The van der Waals surface area contributed by atoms with Gasteiger partial charge in [-0.05, 0) is 35.2 Å². The number of methoxy groups -OCH3 is 1. The summed E-state index contributed by atoms with van der Waals surface area (Å²) in [7, 11) is 0.904. The number of hydrogen-bond acceptors (Lipinski definition) is 1. The molecule has 0 amide bonds. The normalized spacial score (nSPS) is 11.8. The first-order valence-electron chi connectivity index (χ1n) is 5.27. The fourth-order valence-corrected chi connectivity index (χ4v) is 1.75. The third kappa shape index (κ3) is 2.11. The molecule has 4 heteroatoms. The summed E-state index contributed by atoms with van der Waals surface area (Å²) in [6, 6.07) is 6.69. The molecule has 0 atom stereocenters. The molecule has 0 aliphatic rings. The van der Waals surface area contributed by atoms with Gasteiger partial charge >= 0.3 is 6.11 Å². The molecule has 0 N–H and O–H groups in total. The van der Waals surface area contributed by atoms with Gasteiger partial charge in [-0.2, -0.15) is 8.78 Å². The number of hydrogen-bond donors (Lipinski definition) is 0. The molecule has 0 saturated carbocycles. The largest absolute Gasteiger partial charge is 0.383 e. The van der Waals surface area contributed by atoms with Crippen LogP contribution in [0, 0.1) is 5.82 Å². The van der Waals surface area contributed by atoms with Gasteiger partial charge < -0.3 is 4.74 Å². The van der Waals surface area contributed by atoms with E-state index < -0.39 is 11.9 Å². The Bertz CT molecular complexity index is 605. The van der Waals surface area contributed by atoms with Crippen LogP contribution in [0.25, 0.3) is 16.8 Å². The van der Waals surface area contributed by atoms with Gasteiger partial charge in [-0.3, -0.25) is 0 Å². The SMILES string of the molecule is C=Cc1cc(F)c2cc(C(F)(F)OC)ccc2c1. The van der Waals surface area contributed by atoms with Crippen LogP contribution < -0.4 is 0 Å². The zero-order valence-corrected chi connectivity index (χ0v) is 9.71. The van der Waals surface area contributed by atoms with Crippen molar-refractivity contribution in [1.29, 1.82) is 0 Å². The van der Waals surface area contributed by atoms with Crippen LogP contribution in [0.2, 0.25) is 0 Å². The van der Waals surface area contributed by atoms with E-state index in [2.05, 4.69) is 11.3 Å². The van der Waals surface area contributed by atoms with Crippen molar-refractivity contribution >= 4 is 16.8 Å². The summed E-state index contributed by atoms with van der Waals surface area (Å²) in [4.78, 5) is 0. The van der Waals surface area contributed by atoms with Gasteiger partial charge in [0.05, 0.1) is 5.56 Å². The highest BCUT2D eigenvalue weighted by molar-refractivity contribution is 5.86. The molecule has 0 unspecified atom stereocenters. The van der Waals surface area contributed by atoms with Gasteiger partial charge in [0, 0.05) is 12.5 Å². The Hall–Kier alpha value is -1.81. The Labute approximate surface area is 102 Å². The van der Waals surface area contributed by atoms with Crippen LogP contribution in [0.15, 0.2) is 36.9 Å². The Morgan fingerprint density at radius 3 is 2.56 bits per heavy atom. The van der Waals surface area contributed by atoms with E-state index in [0.29, 0.717) is 10.9 Å². The van der Waals surface area contributed by atoms with Crippen molar-refractivity contribution in [3.8, 4) is 0 Å². The van der Waals surface area contributed by atoms with Gasteiger partial charge in [0.25, 0.3) is 0 Å². The van der Waals surface area contributed by atoms with Gasteiger partial charge in [0.2, 0.25) is 0 Å². The minimum absolute atomic E-state index is 0.134. The van der Waals surface area contributed by atoms with Crippen molar-refractivity contribution < 1.29 is 17.9 Å². The first kappa shape index (κ1) is 12.6. The molecule has 2 rings (SSSR count). The van der Waals surface area contributed by atoms with Crippen LogP contribution in [0.1, 0.15) is 11.1 Å². The molecule has 1 nitrogen and oxygen atoms in total. The second-order valence-corrected chi connectivity index (χ2v) is 3.86. The number of halogens is 3. The van der Waals surface area contributed by atoms with Crippen molar-refractivity contribution in [2.45, 2.75) is 6.11 Å². The van der Waals surface area contributed by atoms with Gasteiger partial charge in [-0.1, -0.05) is 18.7 Å². The van der Waals surface area contributed by atoms with Crippen molar-refractivity contribution in [2.24, 2.45) is 0 Å². The molecule has 0 radical (unpaired) electrons. The fourth-order valence-electron chi connectivity index (χ4n) is 1.75. The van der Waals surface area contributed by atoms with Crippen molar-refractivity contribution in [2.75, 3.05) is 7.11 Å². The monoisotopic (exact) mass is 252 g/mol. The Balaban J connectivity index is 2.66. The molecule has 0 fully saturated rings. The van der Waals surface area contributed by atoms with E-state index >= 15 is 0 Å². The highest BCUT2D eigenvalue weighted by atomic mass is 19.3. The molecule has 0 aliphatic heterocycles. The van der Waals surface area contributed by atoms with Gasteiger partial charge in [0.1, 0.15) is 5.82 Å². The van der Waals surface area contributed by atoms with E-state index in [9.17, 15) is 13.2 Å². The number of rotatable bonds is 3. The predicted molar refractivity (Wildman–Crippen MR) is 64.9 cm³/mol. The second-order valence-electron chi connectivity index (χ2n) is 3.86. The molecule has 0 saturated heterocycles. The fraction of sp³-hybridized carbons (Fsp3) is 0.143. The summed E-state index contributed by atoms with van der Waals surface area (Å²) in [5.74, 6) is -0.559. The Kier molecular flexibility index (Phi) is 3.13. The Morgan fingerprint density at radius 2 is 1.94 bits per heavy atom. The molecule has 0 spiro atoms. The van der Waals surface area contributed by atoms with Crippen molar-refractivity contribution in [1.82, 2.24) is 0 Å². The number of benzene rings is 2. The summed E-state index contributed by atoms with van der Waals surface area (Å²) in [6.07, 6.45) is -1.92. The van der Waals surface area contributed by atoms with Gasteiger partial charge in [0.15, 0.2) is 0 Å². The van der Waals surface area contributed by atoms with E-state index in [1.165, 1.54) is 24.3 Å². The molecule has 18 heavy (non-hydrogen) atoms. The number of ether oxygens (including phenoxy) is 1. The molecule has 0 aliphatic carbocycles. The average Bonchev–Trinajstić information content (AvgIpc) is 2.38. The van der Waals surface area contributed by atoms with Crippen molar-refractivity contribution in [3.63, 3.8) is 0 Å². The molecule has 0 aromatic heterocycles. The quantitative estimate of drug-likeness (QED) is 0.790. The highest BCUT2D eigenvalue weighted by Crippen LogP contribution is 2.32. The minimum Gasteiger partial charge on any atom is -0.320 e. The summed E-state index contributed by atoms with van der Waals surface area (Å²) in [6.45, 7) is 3.54. The zero-order valence-electron chi connectivity index (χ0n) is 9.71. The van der Waals surface area contributed by atoms with Crippen LogP contribution in [0.3, 0.4) is 0 Å². The van der Waals surface area contributed by atoms with Crippen molar-refractivity contribution in [3.05, 3.63) is 53.9 Å². The van der Waals surface area contributed by atoms with Gasteiger partial charge in [-0.15, -0.1) is 0 Å². The lowest BCUT2D eigenvalue weighted by Gasteiger charge is -2.15. The van der Waals surface area contributed by atoms with Crippen LogP contribution in [0.4, 0.5) is 13.2 Å². The lowest BCUT2D eigenvalue weighted by Crippen LogP contribution is -2.15. The van der Waals surface area contributed by atoms with E-state index in [-0.39, 0.29) is 10.9 Å². The minimum atomic E-state index is -3.42. The lowest BCUT2D eigenvalue weighted by molar-refractivity contribution is -0.231. The molecule has 0 bridgehead atoms. The Morgan fingerprint density at radius 1 is 1.22 bits per heavy atom. The van der Waals surface area contributed by atoms with E-state index in [1.807, 2.05) is 0 Å². The van der Waals surface area contributed by atoms with Gasteiger partial charge in [-0.25, -0.2) is 4.39 Å². The number of alkyl halides is 2. The predicted octanol–water partition coefficient (Wildman–Crippen LogP) is 4.32. The third-order valence-corrected chi connectivity index (χ3v) is 2.75. The van der Waals surface area contributed by atoms with Crippen LogP contribution in [-0.4, -0.2) is 7.11 Å². The molecular formula is C14H11F3O. The van der Waals surface area contributed by atoms with E-state index in [1.54, 1.807) is 6.07 Å². The summed E-state index contributed by atoms with van der Waals surface area (Å²) < 4.78 is 44.5. The summed E-state index contributed by atoms with van der Waals surface area (Å²) in [5.41, 5.74) is 0.231. The summed E-state index contributed by atoms with van der Waals surface area (Å²) in [5, 5.41) is 0.676. The smallest absolute Gasteiger partial charge is 0.320 e. The maximum Gasteiger partial charge on any atom is 0.383 e. The lowest BCUT2D eigenvalue weighted by atomic mass is 10.0. The molecule has 0 heterocycles. The molecular weight excluding hydrogens is 241 g/mol. The standard InChI is InChI=1S/C14H11F3O/c1-3-9-6-10-4-5-11(14(16,17)18-2)8-12(10)13(15)7-9/h3-8H,1H2,2H3. The summed E-state index contributed by atoms with van der Waals surface area (Å²) >= 11 is 0. The van der Waals surface area contributed by atoms with E-state index in [4.69, 9.17) is 0 Å². The third-order valence-electron chi connectivity index (χ3n) is 2.75. The van der Waals surface area contributed by atoms with Crippen LogP contribution >= 0.6 is 0 Å². The molecule has 2 aromatic rings. The average molecular weight is 252 g/mol. The topological polar surface area (TPSA) is 9.23 Å². The second kappa shape index (κ2) is 4.46. The first-order valence-corrected chi connectivity index (χ1v) is 5.27.